The van der Waals surface area contributed by atoms with Gasteiger partial charge in [-0.05, 0) is 25.0 Å². The van der Waals surface area contributed by atoms with E-state index in [-0.39, 0.29) is 0 Å². The Morgan fingerprint density at radius 1 is 1.24 bits per heavy atom. The molecule has 5 heteroatoms. The highest BCUT2D eigenvalue weighted by molar-refractivity contribution is 6.33. The van der Waals surface area contributed by atoms with Crippen molar-refractivity contribution in [3.63, 3.8) is 0 Å². The van der Waals surface area contributed by atoms with Crippen molar-refractivity contribution in [3.05, 3.63) is 46.9 Å². The van der Waals surface area contributed by atoms with Gasteiger partial charge in [-0.2, -0.15) is 0 Å². The van der Waals surface area contributed by atoms with Crippen molar-refractivity contribution >= 4 is 17.4 Å². The van der Waals surface area contributed by atoms with E-state index in [1.54, 1.807) is 0 Å². The van der Waals surface area contributed by atoms with Gasteiger partial charge >= 0.3 is 0 Å². The largest absolute Gasteiger partial charge is 0.491 e. The van der Waals surface area contributed by atoms with Crippen LogP contribution >= 0.6 is 11.6 Å². The van der Waals surface area contributed by atoms with Crippen LogP contribution in [0.4, 0.5) is 5.82 Å². The number of nitrogens with one attached hydrogen (secondary N) is 1. The van der Waals surface area contributed by atoms with Gasteiger partial charge in [0.2, 0.25) is 0 Å². The summed E-state index contributed by atoms with van der Waals surface area (Å²) in [5.74, 6) is 1.60. The number of halogens is 1. The molecule has 0 fully saturated rings. The van der Waals surface area contributed by atoms with E-state index in [1.807, 2.05) is 25.1 Å². The molecule has 0 unspecified atom stereocenters. The summed E-state index contributed by atoms with van der Waals surface area (Å²) in [6, 6.07) is 8.15. The van der Waals surface area contributed by atoms with Gasteiger partial charge < -0.3 is 10.1 Å². The Morgan fingerprint density at radius 3 is 2.86 bits per heavy atom. The van der Waals surface area contributed by atoms with Crippen molar-refractivity contribution in [1.29, 1.82) is 0 Å². The summed E-state index contributed by atoms with van der Waals surface area (Å²) in [7, 11) is 0. The average molecular weight is 306 g/mol. The Labute approximate surface area is 130 Å². The van der Waals surface area contributed by atoms with Gasteiger partial charge in [0.05, 0.1) is 12.2 Å². The smallest absolute Gasteiger partial charge is 0.148 e. The second kappa shape index (κ2) is 7.84. The Hall–Kier alpha value is -1.81. The first kappa shape index (κ1) is 15.6. The maximum Gasteiger partial charge on any atom is 0.148 e. The van der Waals surface area contributed by atoms with Crippen LogP contribution < -0.4 is 10.1 Å². The Kier molecular flexibility index (Phi) is 5.81. The van der Waals surface area contributed by atoms with Gasteiger partial charge in [0.25, 0.3) is 0 Å². The number of nitrogens with zero attached hydrogens (tertiary/aromatic N) is 2. The first-order valence-electron chi connectivity index (χ1n) is 7.14. The van der Waals surface area contributed by atoms with Crippen molar-refractivity contribution in [2.24, 2.45) is 0 Å². The lowest BCUT2D eigenvalue weighted by atomic mass is 10.1. The predicted molar refractivity (Wildman–Crippen MR) is 86.2 cm³/mol. The summed E-state index contributed by atoms with van der Waals surface area (Å²) >= 11 is 6.13. The zero-order valence-corrected chi connectivity index (χ0v) is 13.2. The van der Waals surface area contributed by atoms with Crippen LogP contribution in [-0.4, -0.2) is 23.1 Å². The van der Waals surface area contributed by atoms with E-state index in [1.165, 1.54) is 11.9 Å². The van der Waals surface area contributed by atoms with Gasteiger partial charge in [-0.25, -0.2) is 9.97 Å². The molecule has 21 heavy (non-hydrogen) atoms. The number of anilines is 1. The fraction of sp³-hybridized carbons (Fsp3) is 0.375. The summed E-state index contributed by atoms with van der Waals surface area (Å²) < 4.78 is 5.83. The summed E-state index contributed by atoms with van der Waals surface area (Å²) in [5, 5.41) is 3.73. The number of ether oxygens (including phenoxy) is 1. The number of hydrogen-bond donors (Lipinski definition) is 1. The van der Waals surface area contributed by atoms with Crippen LogP contribution in [0.25, 0.3) is 0 Å². The van der Waals surface area contributed by atoms with Gasteiger partial charge in [-0.1, -0.05) is 43.1 Å². The third kappa shape index (κ3) is 4.33. The monoisotopic (exact) mass is 305 g/mol. The molecule has 2 rings (SSSR count). The maximum atomic E-state index is 6.13. The van der Waals surface area contributed by atoms with Crippen LogP contribution in [0.15, 0.2) is 30.6 Å². The molecule has 0 spiro atoms. The van der Waals surface area contributed by atoms with Crippen LogP contribution in [0, 0.1) is 6.92 Å². The Morgan fingerprint density at radius 2 is 2.05 bits per heavy atom. The number of para-hydroxylation sites is 1. The summed E-state index contributed by atoms with van der Waals surface area (Å²) in [5.41, 5.74) is 2.01. The van der Waals surface area contributed by atoms with Crippen LogP contribution in [0.5, 0.6) is 5.75 Å². The first-order chi connectivity index (χ1) is 10.2. The van der Waals surface area contributed by atoms with E-state index >= 15 is 0 Å². The van der Waals surface area contributed by atoms with E-state index < -0.39 is 0 Å². The topological polar surface area (TPSA) is 47.0 Å². The van der Waals surface area contributed by atoms with E-state index in [0.29, 0.717) is 24.0 Å². The quantitative estimate of drug-likeness (QED) is 0.789. The van der Waals surface area contributed by atoms with Gasteiger partial charge in [0.15, 0.2) is 0 Å². The molecular weight excluding hydrogens is 286 g/mol. The first-order valence-corrected chi connectivity index (χ1v) is 7.51. The molecule has 112 valence electrons. The third-order valence-electron chi connectivity index (χ3n) is 3.11. The number of aromatic nitrogens is 2. The maximum absolute atomic E-state index is 6.13. The average Bonchev–Trinajstić information content (AvgIpc) is 2.49. The Balaban J connectivity index is 1.86. The minimum absolute atomic E-state index is 0.556. The zero-order valence-electron chi connectivity index (χ0n) is 12.4. The molecule has 0 aliphatic carbocycles. The number of rotatable bonds is 7. The van der Waals surface area contributed by atoms with Crippen LogP contribution in [0.3, 0.4) is 0 Å². The van der Waals surface area contributed by atoms with E-state index in [0.717, 1.165) is 24.3 Å². The molecule has 1 aromatic heterocycles. The fourth-order valence-electron chi connectivity index (χ4n) is 2.03. The molecular formula is C16H20ClN3O. The van der Waals surface area contributed by atoms with Crippen LogP contribution in [0.1, 0.15) is 24.6 Å². The van der Waals surface area contributed by atoms with Gasteiger partial charge in [0.1, 0.15) is 29.5 Å². The lowest BCUT2D eigenvalue weighted by molar-refractivity contribution is 0.329. The fourth-order valence-corrected chi connectivity index (χ4v) is 2.20. The highest BCUT2D eigenvalue weighted by atomic mass is 35.5. The van der Waals surface area contributed by atoms with Crippen molar-refractivity contribution < 1.29 is 4.74 Å². The lowest BCUT2D eigenvalue weighted by Gasteiger charge is -2.12. The molecule has 0 aliphatic heterocycles. The molecule has 0 bridgehead atoms. The summed E-state index contributed by atoms with van der Waals surface area (Å²) in [6.45, 7) is 5.21. The molecule has 1 heterocycles. The molecule has 0 amide bonds. The molecule has 0 saturated carbocycles. The zero-order chi connectivity index (χ0) is 15.1. The standard InChI is InChI=1S/C16H20ClN3O/c1-3-6-13-7-4-5-8-14(13)21-10-9-18-16-15(17)12(2)19-11-20-16/h4-5,7-8,11H,3,6,9-10H2,1-2H3,(H,18,19,20). The molecule has 4 nitrogen and oxygen atoms in total. The van der Waals surface area contributed by atoms with Crippen molar-refractivity contribution in [2.45, 2.75) is 26.7 Å². The van der Waals surface area contributed by atoms with Crippen molar-refractivity contribution in [1.82, 2.24) is 9.97 Å². The van der Waals surface area contributed by atoms with Gasteiger partial charge in [0, 0.05) is 0 Å². The SMILES string of the molecule is CCCc1ccccc1OCCNc1ncnc(C)c1Cl. The van der Waals surface area contributed by atoms with E-state index in [2.05, 4.69) is 28.3 Å². The minimum Gasteiger partial charge on any atom is -0.491 e. The third-order valence-corrected chi connectivity index (χ3v) is 3.56. The molecule has 0 aliphatic rings. The van der Waals surface area contributed by atoms with Crippen molar-refractivity contribution in [2.75, 3.05) is 18.5 Å². The lowest BCUT2D eigenvalue weighted by Crippen LogP contribution is -2.13. The molecule has 1 aromatic carbocycles. The second-order valence-electron chi connectivity index (χ2n) is 4.75. The minimum atomic E-state index is 0.556. The number of hydrogen-bond acceptors (Lipinski definition) is 4. The Bertz CT molecular complexity index is 589. The van der Waals surface area contributed by atoms with E-state index in [9.17, 15) is 0 Å². The predicted octanol–water partition coefficient (Wildman–Crippen LogP) is 3.88. The highest BCUT2D eigenvalue weighted by Gasteiger charge is 2.05. The molecule has 0 atom stereocenters. The van der Waals surface area contributed by atoms with Gasteiger partial charge in [-0.15, -0.1) is 0 Å². The van der Waals surface area contributed by atoms with Crippen LogP contribution in [-0.2, 0) is 6.42 Å². The highest BCUT2D eigenvalue weighted by Crippen LogP contribution is 2.21. The number of benzene rings is 1. The van der Waals surface area contributed by atoms with Gasteiger partial charge in [-0.3, -0.25) is 0 Å². The summed E-state index contributed by atoms with van der Waals surface area (Å²) in [4.78, 5) is 8.15. The molecule has 0 saturated heterocycles. The molecule has 1 N–H and O–H groups in total. The second-order valence-corrected chi connectivity index (χ2v) is 5.13. The van der Waals surface area contributed by atoms with Crippen molar-refractivity contribution in [3.8, 4) is 5.75 Å². The normalized spacial score (nSPS) is 10.4. The molecule has 2 aromatic rings. The molecule has 0 radical (unpaired) electrons. The summed E-state index contributed by atoms with van der Waals surface area (Å²) in [6.07, 6.45) is 3.63. The van der Waals surface area contributed by atoms with Crippen LogP contribution in [0.2, 0.25) is 5.02 Å². The van der Waals surface area contributed by atoms with E-state index in [4.69, 9.17) is 16.3 Å². The number of aryl methyl sites for hydroxylation is 2.